The summed E-state index contributed by atoms with van der Waals surface area (Å²) in [6.07, 6.45) is -3.38. The highest BCUT2D eigenvalue weighted by molar-refractivity contribution is 5.95. The molecular weight excluding hydrogens is 340 g/mol. The van der Waals surface area contributed by atoms with Crippen LogP contribution in [-0.2, 0) is 6.18 Å². The highest BCUT2D eigenvalue weighted by atomic mass is 19.4. The Hall–Kier alpha value is -2.42. The first-order valence-corrected chi connectivity index (χ1v) is 7.72. The second kappa shape index (κ2) is 6.47. The van der Waals surface area contributed by atoms with Gasteiger partial charge in [0.15, 0.2) is 5.69 Å². The Morgan fingerprint density at radius 3 is 2.64 bits per heavy atom. The molecule has 1 atom stereocenters. The molecule has 1 aromatic carbocycles. The normalized spacial score (nSPS) is 18.0. The molecule has 1 unspecified atom stereocenters. The maximum absolute atomic E-state index is 13.9. The largest absolute Gasteiger partial charge is 0.434 e. The fraction of sp³-hybridized carbons (Fsp3) is 0.375. The molecule has 134 valence electrons. The van der Waals surface area contributed by atoms with Crippen LogP contribution in [0.15, 0.2) is 30.5 Å². The van der Waals surface area contributed by atoms with E-state index >= 15 is 0 Å². The summed E-state index contributed by atoms with van der Waals surface area (Å²) in [5.74, 6) is -1.56. The summed E-state index contributed by atoms with van der Waals surface area (Å²) in [6, 6.07) is 4.96. The summed E-state index contributed by atoms with van der Waals surface area (Å²) in [7, 11) is 0. The van der Waals surface area contributed by atoms with Gasteiger partial charge in [-0.1, -0.05) is 12.1 Å². The van der Waals surface area contributed by atoms with Crippen LogP contribution in [0.2, 0.25) is 0 Å². The Morgan fingerprint density at radius 1 is 1.32 bits per heavy atom. The number of alkyl halides is 3. The molecule has 1 fully saturated rings. The number of nitrogens with two attached hydrogens (primary N) is 1. The molecule has 1 aromatic heterocycles. The van der Waals surface area contributed by atoms with Crippen LogP contribution in [0.1, 0.15) is 22.5 Å². The van der Waals surface area contributed by atoms with E-state index in [4.69, 9.17) is 5.73 Å². The molecule has 25 heavy (non-hydrogen) atoms. The fourth-order valence-corrected chi connectivity index (χ4v) is 2.96. The lowest BCUT2D eigenvalue weighted by Crippen LogP contribution is -2.31. The van der Waals surface area contributed by atoms with E-state index in [1.807, 2.05) is 0 Å². The Bertz CT molecular complexity index is 787. The van der Waals surface area contributed by atoms with Gasteiger partial charge < -0.3 is 10.6 Å². The van der Waals surface area contributed by atoms with Crippen LogP contribution in [0.25, 0.3) is 5.69 Å². The number of carbonyl (C=O) groups is 1. The Labute approximate surface area is 141 Å². The monoisotopic (exact) mass is 356 g/mol. The maximum atomic E-state index is 13.9. The molecule has 9 heteroatoms. The molecule has 2 aromatic rings. The van der Waals surface area contributed by atoms with Gasteiger partial charge in [0.05, 0.1) is 11.8 Å². The molecule has 0 spiro atoms. The number of halogens is 4. The topological polar surface area (TPSA) is 64.2 Å². The zero-order valence-electron chi connectivity index (χ0n) is 13.1. The van der Waals surface area contributed by atoms with E-state index in [0.717, 1.165) is 12.3 Å². The number of hydrogen-bond donors (Lipinski definition) is 1. The lowest BCUT2D eigenvalue weighted by Gasteiger charge is -2.18. The quantitative estimate of drug-likeness (QED) is 0.860. The minimum absolute atomic E-state index is 0.0694. The number of nitrogens with zero attached hydrogens (tertiary/aromatic N) is 3. The Balaban J connectivity index is 2.04. The van der Waals surface area contributed by atoms with Crippen molar-refractivity contribution in [1.82, 2.24) is 14.7 Å². The van der Waals surface area contributed by atoms with Crippen LogP contribution >= 0.6 is 0 Å². The minimum atomic E-state index is -4.86. The number of carbonyl (C=O) groups excluding carboxylic acids is 1. The number of aromatic nitrogens is 2. The van der Waals surface area contributed by atoms with Crippen LogP contribution in [0.4, 0.5) is 17.6 Å². The standard InChI is InChI=1S/C16H16F4N4O/c17-12-3-1-2-4-13(12)24-14(16(18,19)20)11(8-22-24)15(25)23-6-5-10(7-21)9-23/h1-4,8,10H,5-7,9,21H2. The van der Waals surface area contributed by atoms with Crippen LogP contribution < -0.4 is 5.73 Å². The zero-order chi connectivity index (χ0) is 18.2. The summed E-state index contributed by atoms with van der Waals surface area (Å²) in [5, 5.41) is 3.63. The molecule has 1 aliphatic rings. The van der Waals surface area contributed by atoms with Crippen LogP contribution in [-0.4, -0.2) is 40.2 Å². The summed E-state index contributed by atoms with van der Waals surface area (Å²) < 4.78 is 55.1. The molecule has 0 saturated carbocycles. The predicted octanol–water partition coefficient (Wildman–Crippen LogP) is 2.45. The third-order valence-electron chi connectivity index (χ3n) is 4.26. The van der Waals surface area contributed by atoms with E-state index in [1.165, 1.54) is 23.1 Å². The zero-order valence-corrected chi connectivity index (χ0v) is 13.1. The molecule has 0 aliphatic carbocycles. The molecule has 0 bridgehead atoms. The van der Waals surface area contributed by atoms with Crippen molar-refractivity contribution in [2.45, 2.75) is 12.6 Å². The summed E-state index contributed by atoms with van der Waals surface area (Å²) >= 11 is 0. The van der Waals surface area contributed by atoms with Gasteiger partial charge in [0.25, 0.3) is 5.91 Å². The van der Waals surface area contributed by atoms with E-state index in [-0.39, 0.29) is 11.6 Å². The van der Waals surface area contributed by atoms with Crippen molar-refractivity contribution in [3.63, 3.8) is 0 Å². The molecule has 1 amide bonds. The summed E-state index contributed by atoms with van der Waals surface area (Å²) in [4.78, 5) is 13.9. The lowest BCUT2D eigenvalue weighted by atomic mass is 10.1. The first-order chi connectivity index (χ1) is 11.8. The van der Waals surface area contributed by atoms with Crippen molar-refractivity contribution >= 4 is 5.91 Å². The van der Waals surface area contributed by atoms with Gasteiger partial charge in [-0.05, 0) is 31.0 Å². The summed E-state index contributed by atoms with van der Waals surface area (Å²) in [5.41, 5.74) is 3.32. The van der Waals surface area contributed by atoms with Crippen molar-refractivity contribution in [2.75, 3.05) is 19.6 Å². The number of hydrogen-bond acceptors (Lipinski definition) is 3. The van der Waals surface area contributed by atoms with Crippen molar-refractivity contribution in [3.05, 3.63) is 47.5 Å². The molecule has 1 aliphatic heterocycles. The smallest absolute Gasteiger partial charge is 0.338 e. The third-order valence-corrected chi connectivity index (χ3v) is 4.26. The second-order valence-electron chi connectivity index (χ2n) is 5.91. The van der Waals surface area contributed by atoms with E-state index < -0.39 is 29.2 Å². The summed E-state index contributed by atoms with van der Waals surface area (Å²) in [6.45, 7) is 1.00. The molecule has 2 N–H and O–H groups in total. The number of para-hydroxylation sites is 1. The highest BCUT2D eigenvalue weighted by Crippen LogP contribution is 2.35. The fourth-order valence-electron chi connectivity index (χ4n) is 2.96. The van der Waals surface area contributed by atoms with Gasteiger partial charge in [0, 0.05) is 13.1 Å². The van der Waals surface area contributed by atoms with Crippen LogP contribution in [0, 0.1) is 11.7 Å². The van der Waals surface area contributed by atoms with Crippen molar-refractivity contribution < 1.29 is 22.4 Å². The van der Waals surface area contributed by atoms with E-state index in [0.29, 0.717) is 30.7 Å². The van der Waals surface area contributed by atoms with Gasteiger partial charge in [0.1, 0.15) is 11.5 Å². The van der Waals surface area contributed by atoms with Gasteiger partial charge in [-0.2, -0.15) is 18.3 Å². The number of rotatable bonds is 3. The molecule has 1 saturated heterocycles. The SMILES string of the molecule is NCC1CCN(C(=O)c2cnn(-c3ccccc3F)c2C(F)(F)F)C1. The maximum Gasteiger partial charge on any atom is 0.434 e. The van der Waals surface area contributed by atoms with Gasteiger partial charge in [0.2, 0.25) is 0 Å². The van der Waals surface area contributed by atoms with E-state index in [9.17, 15) is 22.4 Å². The van der Waals surface area contributed by atoms with Gasteiger partial charge in [-0.3, -0.25) is 4.79 Å². The van der Waals surface area contributed by atoms with E-state index in [1.54, 1.807) is 0 Å². The van der Waals surface area contributed by atoms with Crippen molar-refractivity contribution in [1.29, 1.82) is 0 Å². The van der Waals surface area contributed by atoms with Gasteiger partial charge >= 0.3 is 6.18 Å². The molecule has 5 nitrogen and oxygen atoms in total. The molecule has 0 radical (unpaired) electrons. The highest BCUT2D eigenvalue weighted by Gasteiger charge is 2.42. The average molecular weight is 356 g/mol. The van der Waals surface area contributed by atoms with Crippen molar-refractivity contribution in [2.24, 2.45) is 11.7 Å². The number of likely N-dealkylation sites (tertiary alicyclic amines) is 1. The average Bonchev–Trinajstić information content (AvgIpc) is 3.21. The van der Waals surface area contributed by atoms with Crippen LogP contribution in [0.5, 0.6) is 0 Å². The molecular formula is C16H16F4N4O. The molecule has 2 heterocycles. The third kappa shape index (κ3) is 3.23. The first kappa shape index (κ1) is 17.4. The Morgan fingerprint density at radius 2 is 2.04 bits per heavy atom. The predicted molar refractivity (Wildman–Crippen MR) is 81.6 cm³/mol. The Kier molecular flexibility index (Phi) is 4.51. The number of amides is 1. The van der Waals surface area contributed by atoms with Crippen LogP contribution in [0.3, 0.4) is 0 Å². The first-order valence-electron chi connectivity index (χ1n) is 7.72. The molecule has 3 rings (SSSR count). The van der Waals surface area contributed by atoms with Gasteiger partial charge in [-0.25, -0.2) is 9.07 Å². The lowest BCUT2D eigenvalue weighted by molar-refractivity contribution is -0.143. The van der Waals surface area contributed by atoms with Crippen molar-refractivity contribution in [3.8, 4) is 5.69 Å². The minimum Gasteiger partial charge on any atom is -0.338 e. The van der Waals surface area contributed by atoms with Gasteiger partial charge in [-0.15, -0.1) is 0 Å². The number of benzene rings is 1. The second-order valence-corrected chi connectivity index (χ2v) is 5.91. The van der Waals surface area contributed by atoms with E-state index in [2.05, 4.69) is 5.10 Å².